The molecule has 3 aromatic rings. The second-order valence-corrected chi connectivity index (χ2v) is 9.51. The summed E-state index contributed by atoms with van der Waals surface area (Å²) in [4.78, 5) is 27.1. The fourth-order valence-electron chi connectivity index (χ4n) is 4.82. The molecule has 2 aliphatic rings. The molecule has 1 aliphatic carbocycles. The van der Waals surface area contributed by atoms with Gasteiger partial charge in [-0.15, -0.1) is 0 Å². The minimum absolute atomic E-state index is 0.0895. The van der Waals surface area contributed by atoms with Gasteiger partial charge in [0.2, 0.25) is 0 Å². The Bertz CT molecular complexity index is 1380. The average Bonchev–Trinajstić information content (AvgIpc) is 3.38. The van der Waals surface area contributed by atoms with Crippen molar-refractivity contribution < 1.29 is 9.18 Å². The second kappa shape index (κ2) is 7.79. The number of aromatic nitrogens is 4. The van der Waals surface area contributed by atoms with E-state index in [9.17, 15) is 14.0 Å². The van der Waals surface area contributed by atoms with Crippen molar-refractivity contribution in [2.24, 2.45) is 5.41 Å². The highest BCUT2D eigenvalue weighted by molar-refractivity contribution is 5.98. The van der Waals surface area contributed by atoms with Crippen LogP contribution >= 0.6 is 0 Å². The first-order valence-electron chi connectivity index (χ1n) is 11.2. The number of amides is 1. The van der Waals surface area contributed by atoms with Gasteiger partial charge in [0.25, 0.3) is 11.5 Å². The summed E-state index contributed by atoms with van der Waals surface area (Å²) in [5.41, 5.74) is 2.06. The monoisotopic (exact) mass is 447 g/mol. The van der Waals surface area contributed by atoms with Crippen molar-refractivity contribution in [1.29, 1.82) is 0 Å². The lowest BCUT2D eigenvalue weighted by Gasteiger charge is -2.30. The largest absolute Gasteiger partial charge is 0.328 e. The highest BCUT2D eigenvalue weighted by Crippen LogP contribution is 2.38. The molecule has 1 aromatic carbocycles. The Morgan fingerprint density at radius 1 is 1.24 bits per heavy atom. The van der Waals surface area contributed by atoms with Gasteiger partial charge in [0.1, 0.15) is 5.83 Å². The number of benzene rings is 1. The highest BCUT2D eigenvalue weighted by atomic mass is 19.1. The standard InChI is InChI=1S/C25H26FN5O2/c1-15(2)31-22-14-30(13-16(22)12-27-31)24(33)19-10-25(3,9-8-20(19)26)11-21-17-6-4-5-7-18(17)23(32)29-28-21/h4-8,10,12,15H,9,11,13-14H2,1-3H3,(H,29,32)/t25-/m0/s1. The predicted molar refractivity (Wildman–Crippen MR) is 123 cm³/mol. The van der Waals surface area contributed by atoms with E-state index in [0.717, 1.165) is 22.3 Å². The highest BCUT2D eigenvalue weighted by Gasteiger charge is 2.35. The predicted octanol–water partition coefficient (Wildman–Crippen LogP) is 3.98. The molecule has 0 saturated heterocycles. The Balaban J connectivity index is 1.43. The molecule has 1 N–H and O–H groups in total. The normalized spacial score (nSPS) is 20.2. The third-order valence-corrected chi connectivity index (χ3v) is 6.54. The Labute approximate surface area is 190 Å². The van der Waals surface area contributed by atoms with Gasteiger partial charge in [0.05, 0.1) is 35.1 Å². The topological polar surface area (TPSA) is 83.9 Å². The maximum Gasteiger partial charge on any atom is 0.272 e. The number of halogens is 1. The van der Waals surface area contributed by atoms with E-state index in [0.29, 0.717) is 31.3 Å². The molecule has 0 unspecified atom stereocenters. The number of carbonyl (C=O) groups excluding carboxylic acids is 1. The molecule has 0 saturated carbocycles. The fraction of sp³-hybridized carbons (Fsp3) is 0.360. The summed E-state index contributed by atoms with van der Waals surface area (Å²) in [5, 5.41) is 12.6. The van der Waals surface area contributed by atoms with Gasteiger partial charge < -0.3 is 4.90 Å². The first-order valence-corrected chi connectivity index (χ1v) is 11.2. The maximum absolute atomic E-state index is 14.9. The van der Waals surface area contributed by atoms with Crippen LogP contribution in [0.5, 0.6) is 0 Å². The Morgan fingerprint density at radius 3 is 2.76 bits per heavy atom. The second-order valence-electron chi connectivity index (χ2n) is 9.51. The molecule has 7 nitrogen and oxygen atoms in total. The minimum atomic E-state index is -0.518. The smallest absolute Gasteiger partial charge is 0.272 e. The maximum atomic E-state index is 14.9. The summed E-state index contributed by atoms with van der Waals surface area (Å²) < 4.78 is 16.8. The first-order chi connectivity index (χ1) is 15.8. The lowest BCUT2D eigenvalue weighted by atomic mass is 9.76. The molecular weight excluding hydrogens is 421 g/mol. The molecule has 3 heterocycles. The third-order valence-electron chi connectivity index (χ3n) is 6.54. The number of allylic oxidation sites excluding steroid dienone is 2. The molecular formula is C25H26FN5O2. The van der Waals surface area contributed by atoms with Crippen LogP contribution in [-0.2, 0) is 24.3 Å². The SMILES string of the molecule is CC(C)n1ncc2c1CN(C(=O)C1=C[C@@](C)(Cc3n[nH]c(=O)c4ccccc34)CC=C1F)C2. The Hall–Kier alpha value is -3.55. The van der Waals surface area contributed by atoms with Crippen LogP contribution in [0.4, 0.5) is 4.39 Å². The van der Waals surface area contributed by atoms with Crippen LogP contribution in [0.3, 0.4) is 0 Å². The van der Waals surface area contributed by atoms with Crippen LogP contribution in [0.15, 0.2) is 58.8 Å². The van der Waals surface area contributed by atoms with Crippen LogP contribution in [0.2, 0.25) is 0 Å². The summed E-state index contributed by atoms with van der Waals surface area (Å²) in [6, 6.07) is 7.49. The number of H-pyrrole nitrogens is 1. The fourth-order valence-corrected chi connectivity index (χ4v) is 4.82. The van der Waals surface area contributed by atoms with Crippen molar-refractivity contribution in [3.05, 3.63) is 81.3 Å². The van der Waals surface area contributed by atoms with Crippen molar-refractivity contribution in [1.82, 2.24) is 24.9 Å². The molecule has 33 heavy (non-hydrogen) atoms. The molecule has 170 valence electrons. The van der Waals surface area contributed by atoms with E-state index in [1.54, 1.807) is 23.2 Å². The molecule has 8 heteroatoms. The number of rotatable bonds is 4. The minimum Gasteiger partial charge on any atom is -0.328 e. The lowest BCUT2D eigenvalue weighted by molar-refractivity contribution is -0.127. The number of hydrogen-bond acceptors (Lipinski definition) is 4. The van der Waals surface area contributed by atoms with Crippen LogP contribution in [-0.4, -0.2) is 30.8 Å². The Kier molecular flexibility index (Phi) is 5.03. The summed E-state index contributed by atoms with van der Waals surface area (Å²) in [6.07, 6.45) is 5.92. The molecule has 5 rings (SSSR count). The van der Waals surface area contributed by atoms with Crippen LogP contribution in [0, 0.1) is 5.41 Å². The molecule has 0 radical (unpaired) electrons. The van der Waals surface area contributed by atoms with Crippen LogP contribution in [0.25, 0.3) is 10.8 Å². The Morgan fingerprint density at radius 2 is 2.00 bits per heavy atom. The van der Waals surface area contributed by atoms with E-state index in [1.165, 1.54) is 6.08 Å². The van der Waals surface area contributed by atoms with Crippen molar-refractivity contribution >= 4 is 16.7 Å². The lowest BCUT2D eigenvalue weighted by Crippen LogP contribution is -2.31. The molecule has 0 bridgehead atoms. The molecule has 0 fully saturated rings. The zero-order valence-corrected chi connectivity index (χ0v) is 18.9. The van der Waals surface area contributed by atoms with Crippen LogP contribution < -0.4 is 5.56 Å². The van der Waals surface area contributed by atoms with Crippen molar-refractivity contribution in [3.8, 4) is 0 Å². The van der Waals surface area contributed by atoms with Gasteiger partial charge in [0.15, 0.2) is 0 Å². The number of hydrogen-bond donors (Lipinski definition) is 1. The molecule has 1 atom stereocenters. The van der Waals surface area contributed by atoms with Crippen molar-refractivity contribution in [2.45, 2.75) is 52.7 Å². The average molecular weight is 448 g/mol. The summed E-state index contributed by atoms with van der Waals surface area (Å²) in [5.74, 6) is -0.807. The number of carbonyl (C=O) groups is 1. The van der Waals surface area contributed by atoms with Gasteiger partial charge in [-0.3, -0.25) is 14.3 Å². The molecule has 0 spiro atoms. The summed E-state index contributed by atoms with van der Waals surface area (Å²) in [6.45, 7) is 6.92. The van der Waals surface area contributed by atoms with Crippen molar-refractivity contribution in [2.75, 3.05) is 0 Å². The van der Waals surface area contributed by atoms with E-state index in [4.69, 9.17) is 0 Å². The molecule has 1 amide bonds. The van der Waals surface area contributed by atoms with Gasteiger partial charge in [-0.2, -0.15) is 10.2 Å². The summed E-state index contributed by atoms with van der Waals surface area (Å²) in [7, 11) is 0. The van der Waals surface area contributed by atoms with E-state index in [1.807, 2.05) is 43.7 Å². The number of nitrogens with one attached hydrogen (secondary N) is 1. The van der Waals surface area contributed by atoms with E-state index < -0.39 is 11.2 Å². The molecule has 1 aliphatic heterocycles. The van der Waals surface area contributed by atoms with E-state index >= 15 is 0 Å². The zero-order chi connectivity index (χ0) is 23.3. The van der Waals surface area contributed by atoms with E-state index in [-0.39, 0.29) is 23.1 Å². The number of nitrogens with zero attached hydrogens (tertiary/aromatic N) is 4. The first kappa shape index (κ1) is 21.3. The van der Waals surface area contributed by atoms with Crippen molar-refractivity contribution in [3.63, 3.8) is 0 Å². The van der Waals surface area contributed by atoms with E-state index in [2.05, 4.69) is 15.3 Å². The van der Waals surface area contributed by atoms with Gasteiger partial charge in [-0.25, -0.2) is 9.49 Å². The summed E-state index contributed by atoms with van der Waals surface area (Å²) >= 11 is 0. The molecule has 2 aromatic heterocycles. The third kappa shape index (κ3) is 3.69. The van der Waals surface area contributed by atoms with Gasteiger partial charge >= 0.3 is 0 Å². The number of fused-ring (bicyclic) bond motifs is 2. The zero-order valence-electron chi connectivity index (χ0n) is 18.9. The van der Waals surface area contributed by atoms with Gasteiger partial charge in [-0.05, 0) is 37.8 Å². The van der Waals surface area contributed by atoms with Gasteiger partial charge in [-0.1, -0.05) is 31.2 Å². The quantitative estimate of drug-likeness (QED) is 0.656. The number of aromatic amines is 1. The van der Waals surface area contributed by atoms with Crippen LogP contribution in [0.1, 0.15) is 50.2 Å². The van der Waals surface area contributed by atoms with Gasteiger partial charge in [0, 0.05) is 30.0 Å².